The molecule has 0 bridgehead atoms. The van der Waals surface area contributed by atoms with Crippen LogP contribution in [0.15, 0.2) is 29.9 Å². The average Bonchev–Trinajstić information content (AvgIpc) is 3.19. The van der Waals surface area contributed by atoms with E-state index in [0.29, 0.717) is 0 Å². The molecule has 0 N–H and O–H groups in total. The van der Waals surface area contributed by atoms with Gasteiger partial charge in [-0.05, 0) is 31.5 Å². The van der Waals surface area contributed by atoms with Gasteiger partial charge in [-0.25, -0.2) is 4.98 Å². The summed E-state index contributed by atoms with van der Waals surface area (Å²) >= 11 is 1.70. The number of nitrogens with zero attached hydrogens (tertiary/aromatic N) is 4. The molecule has 0 radical (unpaired) electrons. The molecule has 0 saturated carbocycles. The monoisotopic (exact) mass is 288 g/mol. The van der Waals surface area contributed by atoms with Crippen LogP contribution < -0.4 is 0 Å². The van der Waals surface area contributed by atoms with Gasteiger partial charge in [-0.15, -0.1) is 11.3 Å². The van der Waals surface area contributed by atoms with Crippen molar-refractivity contribution in [1.82, 2.24) is 19.4 Å². The molecular weight excluding hydrogens is 268 g/mol. The largest absolute Gasteiger partial charge is 0.298 e. The molecule has 2 fully saturated rings. The molecule has 106 valence electrons. The van der Waals surface area contributed by atoms with Crippen LogP contribution in [0.3, 0.4) is 0 Å². The van der Waals surface area contributed by atoms with Gasteiger partial charge in [0.15, 0.2) is 5.13 Å². The Bertz CT molecular complexity index is 562. The maximum atomic E-state index is 4.42. The first-order valence-electron chi connectivity index (χ1n) is 7.43. The Morgan fingerprint density at radius 1 is 1.30 bits per heavy atom. The second-order valence-electron chi connectivity index (χ2n) is 5.75. The summed E-state index contributed by atoms with van der Waals surface area (Å²) in [6, 6.07) is 5.15. The molecule has 2 aliphatic rings. The number of rotatable bonds is 3. The highest BCUT2D eigenvalue weighted by atomic mass is 32.1. The highest BCUT2D eigenvalue weighted by Crippen LogP contribution is 2.23. The molecule has 20 heavy (non-hydrogen) atoms. The van der Waals surface area contributed by atoms with Gasteiger partial charge in [-0.1, -0.05) is 0 Å². The number of fused-ring (bicyclic) bond motifs is 1. The third-order valence-corrected chi connectivity index (χ3v) is 5.29. The maximum Gasteiger partial charge on any atom is 0.193 e. The standard InChI is InChI=1S/C15H20N4S/c1-3-13-11-17(8-9-18(13)6-1)12-14-4-2-7-19(14)15-16-5-10-20-15/h2,4-5,7,10,13H,1,3,6,8-9,11-12H2. The Morgan fingerprint density at radius 2 is 2.30 bits per heavy atom. The number of hydrogen-bond acceptors (Lipinski definition) is 4. The summed E-state index contributed by atoms with van der Waals surface area (Å²) in [6.07, 6.45) is 6.76. The van der Waals surface area contributed by atoms with E-state index in [-0.39, 0.29) is 0 Å². The van der Waals surface area contributed by atoms with Gasteiger partial charge < -0.3 is 0 Å². The SMILES string of the molecule is c1cc(CN2CCN3CCCC3C2)n(-c2nccs2)c1. The Hall–Kier alpha value is -1.17. The summed E-state index contributed by atoms with van der Waals surface area (Å²) in [5, 5.41) is 3.11. The van der Waals surface area contributed by atoms with Crippen molar-refractivity contribution in [2.75, 3.05) is 26.2 Å². The van der Waals surface area contributed by atoms with Gasteiger partial charge in [0, 0.05) is 55.7 Å². The van der Waals surface area contributed by atoms with E-state index in [1.54, 1.807) is 11.3 Å². The topological polar surface area (TPSA) is 24.3 Å². The zero-order valence-electron chi connectivity index (χ0n) is 11.6. The normalized spacial score (nSPS) is 24.1. The summed E-state index contributed by atoms with van der Waals surface area (Å²) in [7, 11) is 0. The second-order valence-corrected chi connectivity index (χ2v) is 6.62. The predicted molar refractivity (Wildman–Crippen MR) is 81.3 cm³/mol. The van der Waals surface area contributed by atoms with E-state index in [9.17, 15) is 0 Å². The third kappa shape index (κ3) is 2.30. The molecule has 0 aliphatic carbocycles. The average molecular weight is 288 g/mol. The number of hydrogen-bond donors (Lipinski definition) is 0. The van der Waals surface area contributed by atoms with E-state index in [1.165, 1.54) is 44.7 Å². The molecule has 4 nitrogen and oxygen atoms in total. The molecule has 2 aromatic heterocycles. The first-order valence-corrected chi connectivity index (χ1v) is 8.30. The first-order chi connectivity index (χ1) is 9.90. The van der Waals surface area contributed by atoms with Crippen molar-refractivity contribution in [3.05, 3.63) is 35.6 Å². The van der Waals surface area contributed by atoms with E-state index in [0.717, 1.165) is 17.7 Å². The van der Waals surface area contributed by atoms with Crippen molar-refractivity contribution in [3.63, 3.8) is 0 Å². The van der Waals surface area contributed by atoms with E-state index >= 15 is 0 Å². The van der Waals surface area contributed by atoms with Gasteiger partial charge in [-0.3, -0.25) is 14.4 Å². The molecule has 1 unspecified atom stereocenters. The van der Waals surface area contributed by atoms with Crippen molar-refractivity contribution >= 4 is 11.3 Å². The number of thiazole rings is 1. The Labute approximate surface area is 123 Å². The lowest BCUT2D eigenvalue weighted by atomic mass is 10.1. The summed E-state index contributed by atoms with van der Waals surface area (Å²) in [5.74, 6) is 0. The Balaban J connectivity index is 1.48. The Morgan fingerprint density at radius 3 is 3.20 bits per heavy atom. The lowest BCUT2D eigenvalue weighted by Gasteiger charge is -2.37. The van der Waals surface area contributed by atoms with Crippen LogP contribution in [-0.4, -0.2) is 51.6 Å². The smallest absolute Gasteiger partial charge is 0.193 e. The molecule has 4 rings (SSSR count). The molecule has 2 aromatic rings. The fourth-order valence-corrected chi connectivity index (χ4v) is 4.15. The highest BCUT2D eigenvalue weighted by Gasteiger charge is 2.30. The molecule has 5 heteroatoms. The van der Waals surface area contributed by atoms with Gasteiger partial charge >= 0.3 is 0 Å². The van der Waals surface area contributed by atoms with Gasteiger partial charge in [0.05, 0.1) is 0 Å². The minimum atomic E-state index is 0.798. The summed E-state index contributed by atoms with van der Waals surface area (Å²) < 4.78 is 2.23. The zero-order valence-corrected chi connectivity index (χ0v) is 12.4. The van der Waals surface area contributed by atoms with E-state index in [4.69, 9.17) is 0 Å². The van der Waals surface area contributed by atoms with Crippen molar-refractivity contribution in [2.45, 2.75) is 25.4 Å². The van der Waals surface area contributed by atoms with Crippen molar-refractivity contribution in [2.24, 2.45) is 0 Å². The number of aromatic nitrogens is 2. The lowest BCUT2D eigenvalue weighted by molar-refractivity contribution is 0.0981. The zero-order chi connectivity index (χ0) is 13.4. The van der Waals surface area contributed by atoms with Crippen LogP contribution in [0.25, 0.3) is 5.13 Å². The molecule has 1 atom stereocenters. The van der Waals surface area contributed by atoms with Crippen LogP contribution in [0.4, 0.5) is 0 Å². The van der Waals surface area contributed by atoms with Crippen LogP contribution in [0.5, 0.6) is 0 Å². The Kier molecular flexibility index (Phi) is 3.34. The summed E-state index contributed by atoms with van der Waals surface area (Å²) in [6.45, 7) is 6.01. The minimum absolute atomic E-state index is 0.798. The molecular formula is C15H20N4S. The van der Waals surface area contributed by atoms with E-state index in [1.807, 2.05) is 11.6 Å². The fourth-order valence-electron chi connectivity index (χ4n) is 3.49. The van der Waals surface area contributed by atoms with Crippen molar-refractivity contribution in [1.29, 1.82) is 0 Å². The predicted octanol–water partition coefficient (Wildman–Crippen LogP) is 2.21. The molecule has 4 heterocycles. The van der Waals surface area contributed by atoms with Crippen LogP contribution in [-0.2, 0) is 6.54 Å². The highest BCUT2D eigenvalue weighted by molar-refractivity contribution is 7.12. The van der Waals surface area contributed by atoms with Gasteiger partial charge in [0.2, 0.25) is 0 Å². The maximum absolute atomic E-state index is 4.42. The summed E-state index contributed by atoms with van der Waals surface area (Å²) in [4.78, 5) is 9.69. The van der Waals surface area contributed by atoms with Crippen LogP contribution in [0.1, 0.15) is 18.5 Å². The second kappa shape index (κ2) is 5.31. The number of piperazine rings is 1. The minimum Gasteiger partial charge on any atom is -0.298 e. The fraction of sp³-hybridized carbons (Fsp3) is 0.533. The third-order valence-electron chi connectivity index (χ3n) is 4.52. The quantitative estimate of drug-likeness (QED) is 0.865. The molecule has 2 aliphatic heterocycles. The van der Waals surface area contributed by atoms with Crippen molar-refractivity contribution in [3.8, 4) is 5.13 Å². The van der Waals surface area contributed by atoms with Crippen LogP contribution in [0.2, 0.25) is 0 Å². The van der Waals surface area contributed by atoms with Gasteiger partial charge in [0.1, 0.15) is 0 Å². The van der Waals surface area contributed by atoms with Crippen molar-refractivity contribution < 1.29 is 0 Å². The van der Waals surface area contributed by atoms with E-state index < -0.39 is 0 Å². The van der Waals surface area contributed by atoms with Gasteiger partial charge in [-0.2, -0.15) is 0 Å². The van der Waals surface area contributed by atoms with Gasteiger partial charge in [0.25, 0.3) is 0 Å². The van der Waals surface area contributed by atoms with Crippen LogP contribution >= 0.6 is 11.3 Å². The first kappa shape index (κ1) is 12.6. The molecule has 0 spiro atoms. The van der Waals surface area contributed by atoms with E-state index in [2.05, 4.69) is 37.7 Å². The molecule has 0 amide bonds. The molecule has 0 aromatic carbocycles. The van der Waals surface area contributed by atoms with Crippen LogP contribution in [0, 0.1) is 0 Å². The summed E-state index contributed by atoms with van der Waals surface area (Å²) in [5.41, 5.74) is 1.35. The lowest BCUT2D eigenvalue weighted by Crippen LogP contribution is -2.49. The molecule has 2 saturated heterocycles.